The van der Waals surface area contributed by atoms with Crippen molar-refractivity contribution in [2.24, 2.45) is 0 Å². The van der Waals surface area contributed by atoms with E-state index >= 15 is 0 Å². The van der Waals surface area contributed by atoms with Crippen LogP contribution >= 0.6 is 0 Å². The van der Waals surface area contributed by atoms with E-state index in [4.69, 9.17) is 0 Å². The van der Waals surface area contributed by atoms with Gasteiger partial charge in [0, 0.05) is 21.8 Å². The fourth-order valence-electron chi connectivity index (χ4n) is 5.10. The van der Waals surface area contributed by atoms with E-state index in [1.807, 2.05) is 0 Å². The molecule has 0 aliphatic heterocycles. The number of nitrogens with one attached hydrogen (secondary N) is 1. The summed E-state index contributed by atoms with van der Waals surface area (Å²) in [4.78, 5) is 3.62. The Kier molecular flexibility index (Phi) is 11.2. The van der Waals surface area contributed by atoms with Crippen LogP contribution in [0.2, 0.25) is 0 Å². The van der Waals surface area contributed by atoms with Crippen molar-refractivity contribution in [2.75, 3.05) is 0 Å². The van der Waals surface area contributed by atoms with Crippen LogP contribution in [-0.4, -0.2) is 4.98 Å². The van der Waals surface area contributed by atoms with Crippen LogP contribution in [0.15, 0.2) is 36.4 Å². The highest BCUT2D eigenvalue weighted by Gasteiger charge is 2.05. The Balaban J connectivity index is 1.19. The normalized spacial score (nSPS) is 11.7. The molecule has 0 aliphatic carbocycles. The largest absolute Gasteiger partial charge is 0.354 e. The highest BCUT2D eigenvalue weighted by Crippen LogP contribution is 2.27. The Bertz CT molecular complexity index is 903. The number of fused-ring (bicyclic) bond motifs is 3. The Morgan fingerprint density at radius 1 is 0.531 bits per heavy atom. The molecule has 1 N–H and O–H groups in total. The molecule has 3 aromatic rings. The quantitative estimate of drug-likeness (QED) is 0.204. The summed E-state index contributed by atoms with van der Waals surface area (Å²) in [5.74, 6) is 0. The monoisotopic (exact) mass is 433 g/mol. The minimum Gasteiger partial charge on any atom is -0.354 e. The predicted octanol–water partition coefficient (Wildman–Crippen LogP) is 10.4. The number of aromatic amines is 1. The fourth-order valence-corrected chi connectivity index (χ4v) is 5.10. The molecule has 0 aliphatic rings. The Morgan fingerprint density at radius 3 is 1.56 bits per heavy atom. The molecule has 32 heavy (non-hydrogen) atoms. The average molecular weight is 434 g/mol. The van der Waals surface area contributed by atoms with E-state index in [1.54, 1.807) is 0 Å². The maximum atomic E-state index is 3.62. The summed E-state index contributed by atoms with van der Waals surface area (Å²) in [6.45, 7) is 4.46. The molecule has 1 aromatic heterocycles. The Hall–Kier alpha value is -1.76. The van der Waals surface area contributed by atoms with Crippen molar-refractivity contribution in [1.82, 2.24) is 4.98 Å². The van der Waals surface area contributed by atoms with Gasteiger partial charge in [-0.2, -0.15) is 0 Å². The number of hydrogen-bond acceptors (Lipinski definition) is 0. The van der Waals surface area contributed by atoms with E-state index in [1.165, 1.54) is 142 Å². The highest BCUT2D eigenvalue weighted by molar-refractivity contribution is 6.07. The second-order valence-electron chi connectivity index (χ2n) is 10.1. The van der Waals surface area contributed by atoms with Crippen LogP contribution in [0.1, 0.15) is 121 Å². The molecule has 1 heteroatoms. The topological polar surface area (TPSA) is 15.8 Å². The molecule has 2 aromatic carbocycles. The third-order valence-electron chi connectivity index (χ3n) is 7.14. The van der Waals surface area contributed by atoms with Crippen molar-refractivity contribution in [1.29, 1.82) is 0 Å². The lowest BCUT2D eigenvalue weighted by Crippen LogP contribution is -1.87. The molecule has 1 nitrogen and oxygen atoms in total. The molecule has 3 rings (SSSR count). The smallest absolute Gasteiger partial charge is 0.0467 e. The van der Waals surface area contributed by atoms with E-state index in [0.717, 1.165) is 0 Å². The molecular weight excluding hydrogens is 386 g/mol. The van der Waals surface area contributed by atoms with Gasteiger partial charge in [-0.3, -0.25) is 0 Å². The molecule has 0 fully saturated rings. The molecule has 0 saturated carbocycles. The minimum absolute atomic E-state index is 1.21. The van der Waals surface area contributed by atoms with Crippen LogP contribution in [0.3, 0.4) is 0 Å². The molecule has 0 spiro atoms. The lowest BCUT2D eigenvalue weighted by atomic mass is 10.0. The van der Waals surface area contributed by atoms with Crippen molar-refractivity contribution in [3.05, 3.63) is 47.5 Å². The van der Waals surface area contributed by atoms with Crippen molar-refractivity contribution < 1.29 is 0 Å². The van der Waals surface area contributed by atoms with E-state index in [9.17, 15) is 0 Å². The minimum atomic E-state index is 1.21. The number of hydrogen-bond donors (Lipinski definition) is 1. The van der Waals surface area contributed by atoms with E-state index in [2.05, 4.69) is 55.2 Å². The van der Waals surface area contributed by atoms with Gasteiger partial charge < -0.3 is 4.98 Å². The molecule has 0 bridgehead atoms. The van der Waals surface area contributed by atoms with Gasteiger partial charge in [0.15, 0.2) is 0 Å². The molecule has 0 radical (unpaired) electrons. The number of aryl methyl sites for hydroxylation is 2. The molecule has 0 unspecified atom stereocenters. The summed E-state index contributed by atoms with van der Waals surface area (Å²) >= 11 is 0. The SMILES string of the molecule is CCCCCCCCCCCCCCCCCCc1ccc2c(c1)[nH]c1cc(C)ccc12. The molecule has 1 heterocycles. The second-order valence-corrected chi connectivity index (χ2v) is 10.1. The zero-order valence-electron chi connectivity index (χ0n) is 21.0. The molecule has 0 amide bonds. The average Bonchev–Trinajstić information content (AvgIpc) is 3.15. The van der Waals surface area contributed by atoms with Crippen LogP contribution in [0.4, 0.5) is 0 Å². The number of unbranched alkanes of at least 4 members (excludes halogenated alkanes) is 15. The fraction of sp³-hybridized carbons (Fsp3) is 0.613. The Labute approximate surface area is 197 Å². The summed E-state index contributed by atoms with van der Waals surface area (Å²) in [5.41, 5.74) is 5.35. The van der Waals surface area contributed by atoms with Crippen LogP contribution in [-0.2, 0) is 6.42 Å². The van der Waals surface area contributed by atoms with Crippen LogP contribution in [0.5, 0.6) is 0 Å². The first-order chi connectivity index (χ1) is 15.8. The summed E-state index contributed by atoms with van der Waals surface area (Å²) < 4.78 is 0. The van der Waals surface area contributed by atoms with Gasteiger partial charge in [0.25, 0.3) is 0 Å². The third-order valence-corrected chi connectivity index (χ3v) is 7.14. The van der Waals surface area contributed by atoms with Crippen molar-refractivity contribution >= 4 is 21.8 Å². The standard InChI is InChI=1S/C31H47N/c1-3-4-5-6-7-8-9-10-11-12-13-14-15-16-17-18-19-27-21-23-29-28-22-20-26(2)24-30(28)32-31(29)25-27/h20-25,32H,3-19H2,1-2H3. The number of benzene rings is 2. The molecule has 0 atom stereocenters. The zero-order chi connectivity index (χ0) is 22.4. The van der Waals surface area contributed by atoms with Gasteiger partial charge in [-0.25, -0.2) is 0 Å². The summed E-state index contributed by atoms with van der Waals surface area (Å²) in [6, 6.07) is 13.7. The van der Waals surface area contributed by atoms with E-state index in [0.29, 0.717) is 0 Å². The number of H-pyrrole nitrogens is 1. The Morgan fingerprint density at radius 2 is 1.00 bits per heavy atom. The number of rotatable bonds is 17. The van der Waals surface area contributed by atoms with Crippen LogP contribution < -0.4 is 0 Å². The maximum Gasteiger partial charge on any atom is 0.0467 e. The van der Waals surface area contributed by atoms with Gasteiger partial charge in [0.1, 0.15) is 0 Å². The van der Waals surface area contributed by atoms with Crippen molar-refractivity contribution in [3.63, 3.8) is 0 Å². The van der Waals surface area contributed by atoms with Gasteiger partial charge in [-0.05, 0) is 43.0 Å². The first kappa shape index (κ1) is 24.9. The summed E-state index contributed by atoms with van der Waals surface area (Å²) in [6.07, 6.45) is 24.1. The summed E-state index contributed by atoms with van der Waals surface area (Å²) in [5, 5.41) is 2.70. The lowest BCUT2D eigenvalue weighted by molar-refractivity contribution is 0.529. The third kappa shape index (κ3) is 8.30. The molecule has 0 saturated heterocycles. The van der Waals surface area contributed by atoms with Gasteiger partial charge >= 0.3 is 0 Å². The van der Waals surface area contributed by atoms with Gasteiger partial charge in [0.2, 0.25) is 0 Å². The first-order valence-corrected chi connectivity index (χ1v) is 13.8. The van der Waals surface area contributed by atoms with Crippen molar-refractivity contribution in [2.45, 2.75) is 123 Å². The van der Waals surface area contributed by atoms with E-state index < -0.39 is 0 Å². The van der Waals surface area contributed by atoms with E-state index in [-0.39, 0.29) is 0 Å². The molecular formula is C31H47N. The predicted molar refractivity (Wildman–Crippen MR) is 144 cm³/mol. The molecule has 176 valence electrons. The van der Waals surface area contributed by atoms with Gasteiger partial charge in [0.05, 0.1) is 0 Å². The van der Waals surface area contributed by atoms with Gasteiger partial charge in [-0.1, -0.05) is 128 Å². The second kappa shape index (κ2) is 14.4. The zero-order valence-corrected chi connectivity index (χ0v) is 21.0. The lowest BCUT2D eigenvalue weighted by Gasteiger charge is -2.04. The first-order valence-electron chi connectivity index (χ1n) is 13.8. The van der Waals surface area contributed by atoms with Crippen molar-refractivity contribution in [3.8, 4) is 0 Å². The summed E-state index contributed by atoms with van der Waals surface area (Å²) in [7, 11) is 0. The highest BCUT2D eigenvalue weighted by atomic mass is 14.7. The number of aromatic nitrogens is 1. The maximum absolute atomic E-state index is 3.62. The van der Waals surface area contributed by atoms with Gasteiger partial charge in [-0.15, -0.1) is 0 Å². The van der Waals surface area contributed by atoms with Crippen LogP contribution in [0.25, 0.3) is 21.8 Å². The van der Waals surface area contributed by atoms with Crippen LogP contribution in [0, 0.1) is 6.92 Å².